The van der Waals surface area contributed by atoms with Crippen molar-refractivity contribution < 1.29 is 23.9 Å². The summed E-state index contributed by atoms with van der Waals surface area (Å²) in [6.45, 7) is 6.16. The van der Waals surface area contributed by atoms with Gasteiger partial charge >= 0.3 is 12.1 Å². The molecule has 0 aromatic heterocycles. The molecule has 0 bridgehead atoms. The van der Waals surface area contributed by atoms with Gasteiger partial charge < -0.3 is 19.7 Å². The maximum atomic E-state index is 12.2. The summed E-state index contributed by atoms with van der Waals surface area (Å²) in [6.07, 6.45) is 2.18. The quantitative estimate of drug-likeness (QED) is 0.758. The van der Waals surface area contributed by atoms with Gasteiger partial charge in [0.05, 0.1) is 6.42 Å². The molecule has 1 aliphatic heterocycles. The highest BCUT2D eigenvalue weighted by atomic mass is 16.6. The lowest BCUT2D eigenvalue weighted by Gasteiger charge is -2.26. The lowest BCUT2D eigenvalue weighted by molar-refractivity contribution is -0.151. The molecule has 0 saturated heterocycles. The van der Waals surface area contributed by atoms with E-state index in [0.717, 1.165) is 6.42 Å². The fourth-order valence-electron chi connectivity index (χ4n) is 2.70. The third-order valence-electron chi connectivity index (χ3n) is 4.06. The standard InChI is InChI=1S/C21H28N2O5/c1-21(2,3)28-20(26)22-12-9-19(25)27-15-18(24)23-13-10-17(11-14-23)16-7-5-4-6-8-16/h4-8,10H,9,11-15H2,1-3H3,(H,22,26). The van der Waals surface area contributed by atoms with Gasteiger partial charge in [0.15, 0.2) is 6.61 Å². The number of nitrogens with one attached hydrogen (secondary N) is 1. The molecule has 1 heterocycles. The van der Waals surface area contributed by atoms with Crippen molar-refractivity contribution >= 4 is 23.5 Å². The second-order valence-corrected chi connectivity index (χ2v) is 7.52. The molecule has 0 atom stereocenters. The maximum Gasteiger partial charge on any atom is 0.407 e. The molecular weight excluding hydrogens is 360 g/mol. The van der Waals surface area contributed by atoms with Crippen LogP contribution in [0.5, 0.6) is 0 Å². The second kappa shape index (κ2) is 9.92. The van der Waals surface area contributed by atoms with Crippen LogP contribution in [0.2, 0.25) is 0 Å². The van der Waals surface area contributed by atoms with Crippen molar-refractivity contribution in [2.75, 3.05) is 26.2 Å². The third-order valence-corrected chi connectivity index (χ3v) is 4.06. The fourth-order valence-corrected chi connectivity index (χ4v) is 2.70. The van der Waals surface area contributed by atoms with E-state index in [1.165, 1.54) is 11.1 Å². The minimum atomic E-state index is -0.597. The molecule has 1 aromatic carbocycles. The average Bonchev–Trinajstić information content (AvgIpc) is 2.65. The van der Waals surface area contributed by atoms with Crippen LogP contribution in [-0.2, 0) is 19.1 Å². The highest BCUT2D eigenvalue weighted by molar-refractivity contribution is 5.82. The molecular formula is C21H28N2O5. The van der Waals surface area contributed by atoms with Gasteiger partial charge in [-0.2, -0.15) is 0 Å². The Kier molecular flexibility index (Phi) is 7.61. The van der Waals surface area contributed by atoms with Crippen LogP contribution < -0.4 is 5.32 Å². The maximum absolute atomic E-state index is 12.2. The number of esters is 1. The number of carbonyl (C=O) groups excluding carboxylic acids is 3. The summed E-state index contributed by atoms with van der Waals surface area (Å²) >= 11 is 0. The number of carbonyl (C=O) groups is 3. The zero-order valence-corrected chi connectivity index (χ0v) is 16.7. The van der Waals surface area contributed by atoms with E-state index in [0.29, 0.717) is 13.1 Å². The van der Waals surface area contributed by atoms with Crippen molar-refractivity contribution in [2.45, 2.75) is 39.2 Å². The van der Waals surface area contributed by atoms with Crippen LogP contribution in [-0.4, -0.2) is 54.7 Å². The largest absolute Gasteiger partial charge is 0.456 e. The lowest BCUT2D eigenvalue weighted by Crippen LogP contribution is -2.38. The Morgan fingerprint density at radius 1 is 1.14 bits per heavy atom. The summed E-state index contributed by atoms with van der Waals surface area (Å²) in [4.78, 5) is 37.1. The molecule has 0 unspecified atom stereocenters. The molecule has 1 aromatic rings. The van der Waals surface area contributed by atoms with Gasteiger partial charge in [0.1, 0.15) is 5.60 Å². The number of rotatable bonds is 6. The van der Waals surface area contributed by atoms with Gasteiger partial charge in [-0.25, -0.2) is 4.79 Å². The molecule has 1 aliphatic rings. The van der Waals surface area contributed by atoms with Crippen LogP contribution in [0.25, 0.3) is 5.57 Å². The van der Waals surface area contributed by atoms with Gasteiger partial charge in [-0.1, -0.05) is 36.4 Å². The molecule has 0 fully saturated rings. The molecule has 2 rings (SSSR count). The number of ether oxygens (including phenoxy) is 2. The average molecular weight is 388 g/mol. The Morgan fingerprint density at radius 2 is 1.86 bits per heavy atom. The van der Waals surface area contributed by atoms with E-state index in [2.05, 4.69) is 17.4 Å². The Labute approximate surface area is 165 Å². The van der Waals surface area contributed by atoms with Crippen molar-refractivity contribution in [2.24, 2.45) is 0 Å². The van der Waals surface area contributed by atoms with Crippen LogP contribution in [0.4, 0.5) is 4.79 Å². The van der Waals surface area contributed by atoms with Crippen molar-refractivity contribution in [3.63, 3.8) is 0 Å². The van der Waals surface area contributed by atoms with Crippen molar-refractivity contribution in [3.05, 3.63) is 42.0 Å². The van der Waals surface area contributed by atoms with Gasteiger partial charge in [0.25, 0.3) is 5.91 Å². The lowest BCUT2D eigenvalue weighted by atomic mass is 10.00. The zero-order valence-electron chi connectivity index (χ0n) is 16.7. The first kappa shape index (κ1) is 21.5. The van der Waals surface area contributed by atoms with Crippen molar-refractivity contribution in [3.8, 4) is 0 Å². The smallest absolute Gasteiger partial charge is 0.407 e. The van der Waals surface area contributed by atoms with Gasteiger partial charge in [-0.15, -0.1) is 0 Å². The Bertz CT molecular complexity index is 722. The summed E-state index contributed by atoms with van der Waals surface area (Å²) in [7, 11) is 0. The van der Waals surface area contributed by atoms with Crippen LogP contribution in [0.15, 0.2) is 36.4 Å². The molecule has 7 heteroatoms. The highest BCUT2D eigenvalue weighted by Crippen LogP contribution is 2.21. The van der Waals surface area contributed by atoms with E-state index in [4.69, 9.17) is 9.47 Å². The van der Waals surface area contributed by atoms with Gasteiger partial charge in [-0.05, 0) is 38.3 Å². The minimum Gasteiger partial charge on any atom is -0.456 e. The number of nitrogens with zero attached hydrogens (tertiary/aromatic N) is 1. The highest BCUT2D eigenvalue weighted by Gasteiger charge is 2.20. The molecule has 152 valence electrons. The molecule has 0 radical (unpaired) electrons. The van der Waals surface area contributed by atoms with E-state index in [1.807, 2.05) is 24.3 Å². The predicted octanol–water partition coefficient (Wildman–Crippen LogP) is 2.76. The first-order valence-electron chi connectivity index (χ1n) is 9.39. The molecule has 0 saturated carbocycles. The number of alkyl carbamates (subject to hydrolysis) is 1. The van der Waals surface area contributed by atoms with Crippen LogP contribution in [0.3, 0.4) is 0 Å². The summed E-state index contributed by atoms with van der Waals surface area (Å²) in [6, 6.07) is 10.1. The van der Waals surface area contributed by atoms with Crippen molar-refractivity contribution in [1.29, 1.82) is 0 Å². The van der Waals surface area contributed by atoms with E-state index in [9.17, 15) is 14.4 Å². The summed E-state index contributed by atoms with van der Waals surface area (Å²) in [5.41, 5.74) is 1.79. The van der Waals surface area contributed by atoms with Gasteiger partial charge in [0.2, 0.25) is 0 Å². The summed E-state index contributed by atoms with van der Waals surface area (Å²) in [5, 5.41) is 2.48. The number of hydrogen-bond acceptors (Lipinski definition) is 5. The molecule has 28 heavy (non-hydrogen) atoms. The second-order valence-electron chi connectivity index (χ2n) is 7.52. The van der Waals surface area contributed by atoms with Crippen molar-refractivity contribution in [1.82, 2.24) is 10.2 Å². The minimum absolute atomic E-state index is 0.0232. The number of hydrogen-bond donors (Lipinski definition) is 1. The fraction of sp³-hybridized carbons (Fsp3) is 0.476. The van der Waals surface area contributed by atoms with E-state index in [1.54, 1.807) is 25.7 Å². The van der Waals surface area contributed by atoms with E-state index >= 15 is 0 Å². The van der Waals surface area contributed by atoms with Crippen LogP contribution in [0, 0.1) is 0 Å². The molecule has 7 nitrogen and oxygen atoms in total. The normalized spacial score (nSPS) is 14.1. The summed E-state index contributed by atoms with van der Waals surface area (Å²) < 4.78 is 10.1. The van der Waals surface area contributed by atoms with E-state index < -0.39 is 17.7 Å². The monoisotopic (exact) mass is 388 g/mol. The SMILES string of the molecule is CC(C)(C)OC(=O)NCCC(=O)OCC(=O)N1CC=C(c2ccccc2)CC1. The Morgan fingerprint density at radius 3 is 2.46 bits per heavy atom. The first-order valence-corrected chi connectivity index (χ1v) is 9.39. The molecule has 1 N–H and O–H groups in total. The number of amides is 2. The zero-order chi connectivity index (χ0) is 20.6. The van der Waals surface area contributed by atoms with Gasteiger partial charge in [0, 0.05) is 19.6 Å². The molecule has 0 aliphatic carbocycles. The molecule has 0 spiro atoms. The Hall–Kier alpha value is -2.83. The topological polar surface area (TPSA) is 84.9 Å². The summed E-state index contributed by atoms with van der Waals surface area (Å²) in [5.74, 6) is -0.765. The predicted molar refractivity (Wildman–Crippen MR) is 105 cm³/mol. The first-order chi connectivity index (χ1) is 13.2. The Balaban J connectivity index is 1.66. The van der Waals surface area contributed by atoms with E-state index in [-0.39, 0.29) is 25.5 Å². The third kappa shape index (κ3) is 7.42. The van der Waals surface area contributed by atoms with Crippen LogP contribution in [0.1, 0.15) is 39.2 Å². The molecule has 2 amide bonds. The van der Waals surface area contributed by atoms with Crippen LogP contribution >= 0.6 is 0 Å². The number of benzene rings is 1. The van der Waals surface area contributed by atoms with Gasteiger partial charge in [-0.3, -0.25) is 9.59 Å².